The molecule has 0 aliphatic carbocycles. The fraction of sp³-hybridized carbons (Fsp3) is 0.714. The Kier molecular flexibility index (Phi) is 10.3. The van der Waals surface area contributed by atoms with E-state index >= 15 is 0 Å². The molecule has 7 nitrogen and oxygen atoms in total. The van der Waals surface area contributed by atoms with Crippen LogP contribution in [-0.4, -0.2) is 74.1 Å². The summed E-state index contributed by atoms with van der Waals surface area (Å²) in [5.41, 5.74) is 0.496. The highest BCUT2D eigenvalue weighted by atomic mass is 19.4. The molecule has 1 aliphatic heterocycles. The topological polar surface area (TPSA) is 71.0 Å². The molecule has 1 aromatic heterocycles. The number of morpholine rings is 1. The van der Waals surface area contributed by atoms with Gasteiger partial charge in [0, 0.05) is 44.0 Å². The molecule has 31 heavy (non-hydrogen) atoms. The van der Waals surface area contributed by atoms with Crippen molar-refractivity contribution in [3.8, 4) is 5.88 Å². The summed E-state index contributed by atoms with van der Waals surface area (Å²) in [6.07, 6.45) is -1.97. The predicted octanol–water partition coefficient (Wildman–Crippen LogP) is 2.82. The van der Waals surface area contributed by atoms with Crippen molar-refractivity contribution in [1.29, 1.82) is 0 Å². The summed E-state index contributed by atoms with van der Waals surface area (Å²) in [4.78, 5) is 10.9. The summed E-state index contributed by atoms with van der Waals surface area (Å²) in [7, 11) is 0. The second-order valence-electron chi connectivity index (χ2n) is 7.88. The van der Waals surface area contributed by atoms with E-state index in [2.05, 4.69) is 39.4 Å². The lowest BCUT2D eigenvalue weighted by Crippen LogP contribution is -2.51. The first kappa shape index (κ1) is 25.2. The standard InChI is InChI=1S/C21H34F3N5O2/c1-4-25-20(28-14-18(12-16(2)3)29-8-10-30-11-9-29)27-13-17-6-5-7-26-19(17)31-15-21(22,23)24/h5-7,16,18H,4,8-15H2,1-3H3,(H2,25,27,28). The third-order valence-electron chi connectivity index (χ3n) is 4.78. The van der Waals surface area contributed by atoms with Gasteiger partial charge in [-0.2, -0.15) is 13.2 Å². The Morgan fingerprint density at radius 3 is 2.68 bits per heavy atom. The third kappa shape index (κ3) is 9.73. The van der Waals surface area contributed by atoms with Crippen LogP contribution < -0.4 is 15.4 Å². The fourth-order valence-corrected chi connectivity index (χ4v) is 3.39. The summed E-state index contributed by atoms with van der Waals surface area (Å²) >= 11 is 0. The van der Waals surface area contributed by atoms with Crippen LogP contribution in [0.2, 0.25) is 0 Å². The minimum absolute atomic E-state index is 0.0505. The fourth-order valence-electron chi connectivity index (χ4n) is 3.39. The Bertz CT molecular complexity index is 679. The van der Waals surface area contributed by atoms with Gasteiger partial charge in [-0.3, -0.25) is 4.90 Å². The van der Waals surface area contributed by atoms with E-state index in [9.17, 15) is 13.2 Å². The van der Waals surface area contributed by atoms with Crippen LogP contribution in [0.4, 0.5) is 13.2 Å². The van der Waals surface area contributed by atoms with Crippen LogP contribution in [0.15, 0.2) is 23.3 Å². The Labute approximate surface area is 182 Å². The number of ether oxygens (including phenoxy) is 2. The molecule has 1 aliphatic rings. The van der Waals surface area contributed by atoms with Crippen molar-refractivity contribution in [2.24, 2.45) is 10.9 Å². The van der Waals surface area contributed by atoms with E-state index in [1.807, 2.05) is 6.92 Å². The number of pyridine rings is 1. The Morgan fingerprint density at radius 2 is 2.03 bits per heavy atom. The highest BCUT2D eigenvalue weighted by Crippen LogP contribution is 2.20. The smallest absolute Gasteiger partial charge is 0.422 e. The number of rotatable bonds is 10. The van der Waals surface area contributed by atoms with Crippen molar-refractivity contribution in [3.05, 3.63) is 23.9 Å². The van der Waals surface area contributed by atoms with Crippen LogP contribution in [0.1, 0.15) is 32.8 Å². The maximum atomic E-state index is 12.5. The highest BCUT2D eigenvalue weighted by molar-refractivity contribution is 5.79. The molecule has 0 saturated carbocycles. The first-order valence-corrected chi connectivity index (χ1v) is 10.8. The maximum absolute atomic E-state index is 12.5. The van der Waals surface area contributed by atoms with Gasteiger partial charge in [0.15, 0.2) is 12.6 Å². The summed E-state index contributed by atoms with van der Waals surface area (Å²) in [6, 6.07) is 3.67. The zero-order valence-corrected chi connectivity index (χ0v) is 18.5. The molecule has 10 heteroatoms. The Hall–Kier alpha value is -2.07. The summed E-state index contributed by atoms with van der Waals surface area (Å²) < 4.78 is 47.8. The lowest BCUT2D eigenvalue weighted by molar-refractivity contribution is -0.154. The predicted molar refractivity (Wildman–Crippen MR) is 114 cm³/mol. The van der Waals surface area contributed by atoms with E-state index in [0.717, 1.165) is 32.7 Å². The number of halogens is 3. The van der Waals surface area contributed by atoms with E-state index in [-0.39, 0.29) is 12.4 Å². The van der Waals surface area contributed by atoms with Crippen LogP contribution >= 0.6 is 0 Å². The molecule has 1 saturated heterocycles. The minimum Gasteiger partial charge on any atom is -0.468 e. The zero-order valence-electron chi connectivity index (χ0n) is 18.5. The van der Waals surface area contributed by atoms with Crippen molar-refractivity contribution in [3.63, 3.8) is 0 Å². The van der Waals surface area contributed by atoms with Gasteiger partial charge in [0.25, 0.3) is 0 Å². The number of hydrogen-bond acceptors (Lipinski definition) is 5. The number of aliphatic imine (C=N–C) groups is 1. The van der Waals surface area contributed by atoms with Gasteiger partial charge < -0.3 is 20.1 Å². The molecule has 2 rings (SSSR count). The van der Waals surface area contributed by atoms with Gasteiger partial charge in [0.2, 0.25) is 5.88 Å². The molecular formula is C21H34F3N5O2. The first-order chi connectivity index (χ1) is 14.8. The van der Waals surface area contributed by atoms with Gasteiger partial charge in [0.05, 0.1) is 19.8 Å². The molecule has 0 spiro atoms. The Balaban J connectivity index is 2.02. The normalized spacial score (nSPS) is 16.9. The van der Waals surface area contributed by atoms with Crippen molar-refractivity contribution in [2.45, 2.75) is 46.0 Å². The summed E-state index contributed by atoms with van der Waals surface area (Å²) in [5.74, 6) is 1.11. The highest BCUT2D eigenvalue weighted by Gasteiger charge is 2.29. The molecule has 1 unspecified atom stereocenters. The minimum atomic E-state index is -4.42. The number of guanidine groups is 1. The maximum Gasteiger partial charge on any atom is 0.422 e. The van der Waals surface area contributed by atoms with Crippen LogP contribution in [0.5, 0.6) is 5.88 Å². The first-order valence-electron chi connectivity index (χ1n) is 10.8. The van der Waals surface area contributed by atoms with Crippen molar-refractivity contribution < 1.29 is 22.6 Å². The average molecular weight is 446 g/mol. The van der Waals surface area contributed by atoms with E-state index < -0.39 is 12.8 Å². The SMILES string of the molecule is CCNC(=NCc1cccnc1OCC(F)(F)F)NCC(CC(C)C)N1CCOCC1. The largest absolute Gasteiger partial charge is 0.468 e. The van der Waals surface area contributed by atoms with E-state index in [1.165, 1.54) is 6.20 Å². The van der Waals surface area contributed by atoms with Crippen LogP contribution in [-0.2, 0) is 11.3 Å². The number of nitrogens with zero attached hydrogens (tertiary/aromatic N) is 3. The average Bonchev–Trinajstić information content (AvgIpc) is 2.73. The third-order valence-corrected chi connectivity index (χ3v) is 4.78. The summed E-state index contributed by atoms with van der Waals surface area (Å²) in [5, 5.41) is 6.58. The van der Waals surface area contributed by atoms with Gasteiger partial charge in [-0.05, 0) is 25.3 Å². The second kappa shape index (κ2) is 12.7. The molecule has 0 amide bonds. The van der Waals surface area contributed by atoms with Crippen molar-refractivity contribution in [2.75, 3.05) is 46.0 Å². The van der Waals surface area contributed by atoms with E-state index in [4.69, 9.17) is 9.47 Å². The van der Waals surface area contributed by atoms with E-state index in [1.54, 1.807) is 12.1 Å². The molecule has 2 N–H and O–H groups in total. The number of nitrogens with one attached hydrogen (secondary N) is 2. The quantitative estimate of drug-likeness (QED) is 0.426. The van der Waals surface area contributed by atoms with Gasteiger partial charge in [-0.25, -0.2) is 9.98 Å². The monoisotopic (exact) mass is 445 g/mol. The van der Waals surface area contributed by atoms with Crippen molar-refractivity contribution >= 4 is 5.96 Å². The number of alkyl halides is 3. The molecule has 2 heterocycles. The lowest BCUT2D eigenvalue weighted by atomic mass is 10.0. The van der Waals surface area contributed by atoms with Gasteiger partial charge in [-0.1, -0.05) is 19.9 Å². The lowest BCUT2D eigenvalue weighted by Gasteiger charge is -2.35. The Morgan fingerprint density at radius 1 is 1.29 bits per heavy atom. The van der Waals surface area contributed by atoms with E-state index in [0.29, 0.717) is 36.6 Å². The van der Waals surface area contributed by atoms with Crippen LogP contribution in [0.25, 0.3) is 0 Å². The molecule has 0 radical (unpaired) electrons. The molecule has 1 fully saturated rings. The molecule has 176 valence electrons. The number of aromatic nitrogens is 1. The number of hydrogen-bond donors (Lipinski definition) is 2. The zero-order chi connectivity index (χ0) is 22.7. The molecule has 0 aromatic carbocycles. The van der Waals surface area contributed by atoms with Crippen LogP contribution in [0.3, 0.4) is 0 Å². The van der Waals surface area contributed by atoms with Crippen LogP contribution in [0, 0.1) is 5.92 Å². The molecular weight excluding hydrogens is 411 g/mol. The summed E-state index contributed by atoms with van der Waals surface area (Å²) in [6.45, 7) is 9.83. The van der Waals surface area contributed by atoms with Gasteiger partial charge >= 0.3 is 6.18 Å². The molecule has 0 bridgehead atoms. The molecule has 1 atom stereocenters. The van der Waals surface area contributed by atoms with Gasteiger partial charge in [-0.15, -0.1) is 0 Å². The van der Waals surface area contributed by atoms with Crippen molar-refractivity contribution in [1.82, 2.24) is 20.5 Å². The second-order valence-corrected chi connectivity index (χ2v) is 7.88. The molecule has 1 aromatic rings. The van der Waals surface area contributed by atoms with Gasteiger partial charge in [0.1, 0.15) is 0 Å².